The predicted molar refractivity (Wildman–Crippen MR) is 63.6 cm³/mol. The number of hydrogen-bond donors (Lipinski definition) is 0. The molecular weight excluding hydrogens is 200 g/mol. The Morgan fingerprint density at radius 3 is 1.56 bits per heavy atom. The van der Waals surface area contributed by atoms with Crippen molar-refractivity contribution < 1.29 is 10.8 Å². The second kappa shape index (κ2) is 5.21. The van der Waals surface area contributed by atoms with Crippen LogP contribution in [0.4, 0.5) is 0 Å². The fourth-order valence-corrected chi connectivity index (χ4v) is 1.33. The molecule has 2 aromatic rings. The monoisotopic (exact) mass is 215 g/mol. The van der Waals surface area contributed by atoms with Crippen molar-refractivity contribution in [2.45, 2.75) is 13.2 Å². The van der Waals surface area contributed by atoms with Crippen LogP contribution in [0.5, 0.6) is 11.5 Å². The van der Waals surface area contributed by atoms with Crippen molar-refractivity contribution in [2.75, 3.05) is 0 Å². The third-order valence-corrected chi connectivity index (χ3v) is 2.01. The van der Waals surface area contributed by atoms with Crippen molar-refractivity contribution in [3.8, 4) is 11.5 Å². The van der Waals surface area contributed by atoms with Gasteiger partial charge in [0, 0.05) is 6.92 Å². The predicted octanol–water partition coefficient (Wildman–Crippen LogP) is 3.49. The molecule has 0 aromatic heterocycles. The van der Waals surface area contributed by atoms with E-state index in [1.165, 1.54) is 0 Å². The summed E-state index contributed by atoms with van der Waals surface area (Å²) in [5, 5.41) is 0. The minimum Gasteiger partial charge on any atom is -0.455 e. The van der Waals surface area contributed by atoms with E-state index in [0.29, 0.717) is 11.5 Å². The molecule has 0 heterocycles. The molecule has 0 bridgehead atoms. The first-order valence-electron chi connectivity index (χ1n) is 5.64. The van der Waals surface area contributed by atoms with Gasteiger partial charge in [0.1, 0.15) is 12.9 Å². The molecule has 0 aliphatic rings. The zero-order chi connectivity index (χ0) is 12.1. The van der Waals surface area contributed by atoms with Crippen LogP contribution in [0, 0.1) is 0 Å². The van der Waals surface area contributed by atoms with Crippen LogP contribution >= 0.6 is 0 Å². The van der Waals surface area contributed by atoms with Gasteiger partial charge < -0.3 is 9.47 Å². The number of para-hydroxylation sites is 2. The van der Waals surface area contributed by atoms with Gasteiger partial charge in [-0.25, -0.2) is 0 Å². The maximum Gasteiger partial charge on any atom is 0.238 e. The van der Waals surface area contributed by atoms with Crippen LogP contribution in [-0.2, 0) is 0 Å². The highest BCUT2D eigenvalue weighted by Gasteiger charge is 2.04. The summed E-state index contributed by atoms with van der Waals surface area (Å²) in [6, 6.07) is 18.4. The molecule has 0 atom stereocenters. The average Bonchev–Trinajstić information content (AvgIpc) is 2.30. The molecule has 0 spiro atoms. The lowest BCUT2D eigenvalue weighted by Crippen LogP contribution is -2.19. The maximum absolute atomic E-state index is 7.96. The molecule has 2 heteroatoms. The Hall–Kier alpha value is -1.96. The summed E-state index contributed by atoms with van der Waals surface area (Å²) in [5.74, 6) is 1.22. The molecule has 0 saturated heterocycles. The van der Waals surface area contributed by atoms with Crippen LogP contribution in [0.2, 0.25) is 0 Å². The first kappa shape index (κ1) is 9.28. The lowest BCUT2D eigenvalue weighted by Gasteiger charge is -2.16. The van der Waals surface area contributed by atoms with Gasteiger partial charge in [0.05, 0.1) is 0 Å². The van der Waals surface area contributed by atoms with Crippen LogP contribution < -0.4 is 9.47 Å². The Morgan fingerprint density at radius 1 is 0.812 bits per heavy atom. The van der Waals surface area contributed by atoms with Gasteiger partial charge in [0.2, 0.25) is 6.27 Å². The van der Waals surface area contributed by atoms with Crippen molar-refractivity contribution in [1.82, 2.24) is 0 Å². The SMILES string of the molecule is [2H]C(C)(Oc1ccccc1)Oc1ccccc1. The highest BCUT2D eigenvalue weighted by molar-refractivity contribution is 5.22. The summed E-state index contributed by atoms with van der Waals surface area (Å²) in [7, 11) is 0. The molecule has 0 aliphatic heterocycles. The first-order chi connectivity index (χ1) is 8.16. The summed E-state index contributed by atoms with van der Waals surface area (Å²) >= 11 is 0. The highest BCUT2D eigenvalue weighted by Crippen LogP contribution is 2.15. The normalized spacial score (nSPS) is 11.7. The Morgan fingerprint density at radius 2 is 1.19 bits per heavy atom. The molecule has 0 saturated carbocycles. The van der Waals surface area contributed by atoms with Crippen LogP contribution in [0.25, 0.3) is 0 Å². The summed E-state index contributed by atoms with van der Waals surface area (Å²) in [4.78, 5) is 0. The van der Waals surface area contributed by atoms with Crippen LogP contribution in [0.3, 0.4) is 0 Å². The molecule has 0 radical (unpaired) electrons. The average molecular weight is 215 g/mol. The molecule has 82 valence electrons. The molecular formula is C14H14O2. The molecule has 0 N–H and O–H groups in total. The van der Waals surface area contributed by atoms with Crippen molar-refractivity contribution in [3.05, 3.63) is 60.7 Å². The van der Waals surface area contributed by atoms with Gasteiger partial charge in [-0.15, -0.1) is 0 Å². The first-order valence-corrected chi connectivity index (χ1v) is 5.14. The van der Waals surface area contributed by atoms with E-state index in [2.05, 4.69) is 0 Å². The smallest absolute Gasteiger partial charge is 0.238 e. The molecule has 2 rings (SSSR count). The number of rotatable bonds is 4. The maximum atomic E-state index is 7.96. The lowest BCUT2D eigenvalue weighted by atomic mass is 10.3. The van der Waals surface area contributed by atoms with Gasteiger partial charge in [-0.05, 0) is 24.3 Å². The number of hydrogen-bond acceptors (Lipinski definition) is 2. The van der Waals surface area contributed by atoms with Gasteiger partial charge in [-0.2, -0.15) is 0 Å². The topological polar surface area (TPSA) is 18.5 Å². The molecule has 0 unspecified atom stereocenters. The Bertz CT molecular complexity index is 411. The Kier molecular flexibility index (Phi) is 3.02. The lowest BCUT2D eigenvalue weighted by molar-refractivity contribution is 0.0223. The molecule has 0 fully saturated rings. The van der Waals surface area contributed by atoms with Crippen LogP contribution in [0.15, 0.2) is 60.7 Å². The third kappa shape index (κ3) is 3.02. The summed E-state index contributed by atoms with van der Waals surface area (Å²) in [6.45, 7) is 1.56. The zero-order valence-electron chi connectivity index (χ0n) is 10.1. The summed E-state index contributed by atoms with van der Waals surface area (Å²) < 4.78 is 18.9. The summed E-state index contributed by atoms with van der Waals surface area (Å²) in [6.07, 6.45) is -1.44. The standard InChI is InChI=1S/C14H14O2/c1-12(15-13-8-4-2-5-9-13)16-14-10-6-3-7-11-14/h2-12H,1H3/i12D. The Labute approximate surface area is 96.9 Å². The van der Waals surface area contributed by atoms with E-state index in [1.807, 2.05) is 36.4 Å². The van der Waals surface area contributed by atoms with Crippen LogP contribution in [-0.4, -0.2) is 6.27 Å². The molecule has 2 aromatic carbocycles. The Balaban J connectivity index is 2.04. The van der Waals surface area contributed by atoms with Gasteiger partial charge in [-0.1, -0.05) is 36.4 Å². The summed E-state index contributed by atoms with van der Waals surface area (Å²) in [5.41, 5.74) is 0. The van der Waals surface area contributed by atoms with E-state index in [1.54, 1.807) is 31.2 Å². The fraction of sp³-hybridized carbons (Fsp3) is 0.143. The van der Waals surface area contributed by atoms with E-state index in [9.17, 15) is 0 Å². The van der Waals surface area contributed by atoms with Gasteiger partial charge in [-0.3, -0.25) is 0 Å². The van der Waals surface area contributed by atoms with Crippen LogP contribution in [0.1, 0.15) is 8.29 Å². The molecule has 0 amide bonds. The minimum atomic E-state index is -1.44. The zero-order valence-corrected chi connectivity index (χ0v) is 9.09. The van der Waals surface area contributed by atoms with E-state index < -0.39 is 6.27 Å². The van der Waals surface area contributed by atoms with E-state index >= 15 is 0 Å². The highest BCUT2D eigenvalue weighted by atomic mass is 16.7. The second-order valence-electron chi connectivity index (χ2n) is 3.32. The quantitative estimate of drug-likeness (QED) is 0.727. The second-order valence-corrected chi connectivity index (χ2v) is 3.32. The van der Waals surface area contributed by atoms with Gasteiger partial charge >= 0.3 is 0 Å². The van der Waals surface area contributed by atoms with Crippen molar-refractivity contribution in [1.29, 1.82) is 0 Å². The van der Waals surface area contributed by atoms with E-state index in [4.69, 9.17) is 10.8 Å². The molecule has 0 aliphatic carbocycles. The molecule has 2 nitrogen and oxygen atoms in total. The van der Waals surface area contributed by atoms with Gasteiger partial charge in [0.15, 0.2) is 0 Å². The van der Waals surface area contributed by atoms with E-state index in [0.717, 1.165) is 0 Å². The van der Waals surface area contributed by atoms with Gasteiger partial charge in [0.25, 0.3) is 0 Å². The molecule has 16 heavy (non-hydrogen) atoms. The van der Waals surface area contributed by atoms with Crippen molar-refractivity contribution in [2.24, 2.45) is 0 Å². The third-order valence-electron chi connectivity index (χ3n) is 2.01. The number of ether oxygens (including phenoxy) is 2. The van der Waals surface area contributed by atoms with E-state index in [-0.39, 0.29) is 0 Å². The fourth-order valence-electron chi connectivity index (χ4n) is 1.33. The van der Waals surface area contributed by atoms with Crippen molar-refractivity contribution >= 4 is 0 Å². The minimum absolute atomic E-state index is 0.612. The largest absolute Gasteiger partial charge is 0.455 e. The van der Waals surface area contributed by atoms with Crippen molar-refractivity contribution in [3.63, 3.8) is 0 Å². The number of benzene rings is 2.